The number of halogens is 1. The molecule has 106 valence electrons. The number of benzene rings is 2. The molecule has 0 saturated carbocycles. The summed E-state index contributed by atoms with van der Waals surface area (Å²) >= 11 is 0. The molecule has 0 aliphatic heterocycles. The minimum Gasteiger partial charge on any atom is -0.246 e. The monoisotopic (exact) mass is 270 g/mol. The molecule has 0 N–H and O–H groups in total. The van der Waals surface area contributed by atoms with E-state index in [4.69, 9.17) is 0 Å². The highest BCUT2D eigenvalue weighted by Crippen LogP contribution is 2.31. The van der Waals surface area contributed by atoms with Crippen LogP contribution in [0.5, 0.6) is 0 Å². The van der Waals surface area contributed by atoms with Crippen molar-refractivity contribution in [1.29, 1.82) is 0 Å². The predicted octanol–water partition coefficient (Wildman–Crippen LogP) is 5.84. The molecule has 0 heterocycles. The van der Waals surface area contributed by atoms with Crippen molar-refractivity contribution in [3.63, 3.8) is 0 Å². The van der Waals surface area contributed by atoms with E-state index >= 15 is 0 Å². The van der Waals surface area contributed by atoms with Crippen molar-refractivity contribution >= 4 is 0 Å². The zero-order chi connectivity index (χ0) is 14.4. The lowest BCUT2D eigenvalue weighted by Gasteiger charge is -2.20. The fraction of sp³-hybridized carbons (Fsp3) is 0.368. The molecule has 20 heavy (non-hydrogen) atoms. The first-order valence-electron chi connectivity index (χ1n) is 7.44. The van der Waals surface area contributed by atoms with Crippen molar-refractivity contribution in [1.82, 2.24) is 0 Å². The Morgan fingerprint density at radius 2 is 1.55 bits per heavy atom. The van der Waals surface area contributed by atoms with E-state index in [0.29, 0.717) is 11.8 Å². The standard InChI is InChI=1S/C19H23F/c1-3-17(19-7-5-4-6-8-19)13-15(2)18-11-9-16(14-20)10-12-18/h4-12,15,17H,3,13-14H2,1-2H3. The molecule has 0 spiro atoms. The van der Waals surface area contributed by atoms with E-state index < -0.39 is 0 Å². The SMILES string of the molecule is CCC(CC(C)c1ccc(CF)cc1)c1ccccc1. The van der Waals surface area contributed by atoms with Crippen LogP contribution in [-0.2, 0) is 6.67 Å². The van der Waals surface area contributed by atoms with Crippen LogP contribution in [0.3, 0.4) is 0 Å². The maximum atomic E-state index is 12.5. The number of hydrogen-bond donors (Lipinski definition) is 0. The second kappa shape index (κ2) is 7.23. The molecular weight excluding hydrogens is 247 g/mol. The van der Waals surface area contributed by atoms with Crippen LogP contribution >= 0.6 is 0 Å². The van der Waals surface area contributed by atoms with Gasteiger partial charge < -0.3 is 0 Å². The molecule has 2 aromatic rings. The lowest BCUT2D eigenvalue weighted by molar-refractivity contribution is 0.485. The van der Waals surface area contributed by atoms with Crippen molar-refractivity contribution in [3.8, 4) is 0 Å². The van der Waals surface area contributed by atoms with E-state index in [0.717, 1.165) is 18.4 Å². The summed E-state index contributed by atoms with van der Waals surface area (Å²) in [5, 5.41) is 0. The van der Waals surface area contributed by atoms with Gasteiger partial charge in [0.15, 0.2) is 0 Å². The van der Waals surface area contributed by atoms with Crippen LogP contribution in [0.4, 0.5) is 4.39 Å². The Kier molecular flexibility index (Phi) is 5.34. The number of alkyl halides is 1. The van der Waals surface area contributed by atoms with Gasteiger partial charge in [0.05, 0.1) is 0 Å². The molecule has 0 bridgehead atoms. The van der Waals surface area contributed by atoms with E-state index in [9.17, 15) is 4.39 Å². The van der Waals surface area contributed by atoms with Gasteiger partial charge in [0.2, 0.25) is 0 Å². The molecule has 0 saturated heterocycles. The van der Waals surface area contributed by atoms with Gasteiger partial charge in [-0.15, -0.1) is 0 Å². The molecular formula is C19H23F. The summed E-state index contributed by atoms with van der Waals surface area (Å²) in [5.74, 6) is 1.08. The van der Waals surface area contributed by atoms with Gasteiger partial charge in [-0.1, -0.05) is 68.4 Å². The maximum Gasteiger partial charge on any atom is 0.115 e. The Hall–Kier alpha value is -1.63. The van der Waals surface area contributed by atoms with Crippen LogP contribution in [0.15, 0.2) is 54.6 Å². The van der Waals surface area contributed by atoms with Gasteiger partial charge >= 0.3 is 0 Å². The average Bonchev–Trinajstić information content (AvgIpc) is 2.53. The van der Waals surface area contributed by atoms with Gasteiger partial charge in [-0.2, -0.15) is 0 Å². The first-order chi connectivity index (χ1) is 9.74. The third-order valence-electron chi connectivity index (χ3n) is 4.10. The van der Waals surface area contributed by atoms with Crippen LogP contribution in [0.1, 0.15) is 55.2 Å². The van der Waals surface area contributed by atoms with Gasteiger partial charge in [0, 0.05) is 0 Å². The fourth-order valence-corrected chi connectivity index (χ4v) is 2.76. The fourth-order valence-electron chi connectivity index (χ4n) is 2.76. The molecule has 0 aliphatic carbocycles. The summed E-state index contributed by atoms with van der Waals surface area (Å²) in [5.41, 5.74) is 3.48. The van der Waals surface area contributed by atoms with Crippen LogP contribution in [0.25, 0.3) is 0 Å². The molecule has 0 radical (unpaired) electrons. The molecule has 0 aromatic heterocycles. The zero-order valence-corrected chi connectivity index (χ0v) is 12.4. The average molecular weight is 270 g/mol. The molecule has 2 aromatic carbocycles. The Morgan fingerprint density at radius 1 is 0.900 bits per heavy atom. The normalized spacial score (nSPS) is 13.9. The first-order valence-corrected chi connectivity index (χ1v) is 7.44. The van der Waals surface area contributed by atoms with E-state index in [1.54, 1.807) is 0 Å². The zero-order valence-electron chi connectivity index (χ0n) is 12.4. The van der Waals surface area contributed by atoms with Gasteiger partial charge in [-0.3, -0.25) is 0 Å². The van der Waals surface area contributed by atoms with Crippen LogP contribution in [0, 0.1) is 0 Å². The number of rotatable bonds is 6. The summed E-state index contributed by atoms with van der Waals surface area (Å²) in [4.78, 5) is 0. The Balaban J connectivity index is 2.06. The summed E-state index contributed by atoms with van der Waals surface area (Å²) in [6.45, 7) is 4.13. The minimum atomic E-state index is -0.379. The second-order valence-electron chi connectivity index (χ2n) is 5.53. The van der Waals surface area contributed by atoms with Crippen LogP contribution in [-0.4, -0.2) is 0 Å². The molecule has 0 nitrogen and oxygen atoms in total. The van der Waals surface area contributed by atoms with Gasteiger partial charge in [-0.25, -0.2) is 4.39 Å². The minimum absolute atomic E-state index is 0.379. The number of hydrogen-bond acceptors (Lipinski definition) is 0. The lowest BCUT2D eigenvalue weighted by atomic mass is 9.84. The third kappa shape index (κ3) is 3.69. The van der Waals surface area contributed by atoms with Crippen molar-refractivity contribution in [2.24, 2.45) is 0 Å². The molecule has 2 unspecified atom stereocenters. The highest BCUT2D eigenvalue weighted by molar-refractivity contribution is 5.26. The largest absolute Gasteiger partial charge is 0.246 e. The summed E-state index contributed by atoms with van der Waals surface area (Å²) in [7, 11) is 0. The quantitative estimate of drug-likeness (QED) is 0.618. The Morgan fingerprint density at radius 3 is 2.10 bits per heavy atom. The molecule has 0 aliphatic rings. The molecule has 1 heteroatoms. The van der Waals surface area contributed by atoms with Crippen molar-refractivity contribution < 1.29 is 4.39 Å². The van der Waals surface area contributed by atoms with Crippen molar-refractivity contribution in [2.75, 3.05) is 0 Å². The molecule has 0 amide bonds. The van der Waals surface area contributed by atoms with Gasteiger partial charge in [0.1, 0.15) is 6.67 Å². The van der Waals surface area contributed by atoms with Crippen LogP contribution in [0.2, 0.25) is 0 Å². The van der Waals surface area contributed by atoms with E-state index in [-0.39, 0.29) is 6.67 Å². The third-order valence-corrected chi connectivity index (χ3v) is 4.10. The van der Waals surface area contributed by atoms with Crippen molar-refractivity contribution in [2.45, 2.75) is 45.2 Å². The Labute approximate surface area is 121 Å². The topological polar surface area (TPSA) is 0 Å². The van der Waals surface area contributed by atoms with E-state index in [1.807, 2.05) is 12.1 Å². The van der Waals surface area contributed by atoms with Crippen LogP contribution < -0.4 is 0 Å². The summed E-state index contributed by atoms with van der Waals surface area (Å²) < 4.78 is 12.5. The highest BCUT2D eigenvalue weighted by Gasteiger charge is 2.14. The highest BCUT2D eigenvalue weighted by atomic mass is 19.1. The van der Waals surface area contributed by atoms with E-state index in [1.165, 1.54) is 11.1 Å². The van der Waals surface area contributed by atoms with Gasteiger partial charge in [-0.05, 0) is 41.4 Å². The molecule has 2 rings (SSSR count). The van der Waals surface area contributed by atoms with Crippen molar-refractivity contribution in [3.05, 3.63) is 71.3 Å². The maximum absolute atomic E-state index is 12.5. The second-order valence-corrected chi connectivity index (χ2v) is 5.53. The molecule has 2 atom stereocenters. The van der Waals surface area contributed by atoms with E-state index in [2.05, 4.69) is 56.3 Å². The first kappa shape index (κ1) is 14.8. The van der Waals surface area contributed by atoms with Gasteiger partial charge in [0.25, 0.3) is 0 Å². The lowest BCUT2D eigenvalue weighted by Crippen LogP contribution is -2.03. The summed E-state index contributed by atoms with van der Waals surface area (Å²) in [6, 6.07) is 18.6. The Bertz CT molecular complexity index is 501. The molecule has 0 fully saturated rings. The summed E-state index contributed by atoms with van der Waals surface area (Å²) in [6.07, 6.45) is 2.28. The predicted molar refractivity (Wildman–Crippen MR) is 83.8 cm³/mol. The smallest absolute Gasteiger partial charge is 0.115 e.